The summed E-state index contributed by atoms with van der Waals surface area (Å²) in [5.41, 5.74) is 1.97. The minimum Gasteiger partial charge on any atom is -0.493 e. The maximum atomic E-state index is 12.7. The van der Waals surface area contributed by atoms with Crippen molar-refractivity contribution < 1.29 is 28.5 Å². The maximum absolute atomic E-state index is 12.7. The molecule has 0 bridgehead atoms. The summed E-state index contributed by atoms with van der Waals surface area (Å²) in [5, 5.41) is 9.48. The molecular formula is C24H25ClN2O6. The van der Waals surface area contributed by atoms with Crippen molar-refractivity contribution in [3.8, 4) is 23.3 Å². The molecule has 0 unspecified atom stereocenters. The molecule has 2 aromatic carbocycles. The molecule has 0 N–H and O–H groups in total. The highest BCUT2D eigenvalue weighted by Gasteiger charge is 2.18. The average molecular weight is 473 g/mol. The Kier molecular flexibility index (Phi) is 9.58. The van der Waals surface area contributed by atoms with Gasteiger partial charge in [0.2, 0.25) is 5.75 Å². The molecule has 0 aromatic heterocycles. The lowest BCUT2D eigenvalue weighted by Gasteiger charge is -2.22. The van der Waals surface area contributed by atoms with Crippen molar-refractivity contribution in [3.05, 3.63) is 52.6 Å². The first kappa shape index (κ1) is 25.6. The molecule has 0 aliphatic heterocycles. The lowest BCUT2D eigenvalue weighted by atomic mass is 10.1. The molecule has 9 heteroatoms. The summed E-state index contributed by atoms with van der Waals surface area (Å²) in [4.78, 5) is 26.3. The van der Waals surface area contributed by atoms with Crippen LogP contribution in [0.1, 0.15) is 17.5 Å². The summed E-state index contributed by atoms with van der Waals surface area (Å²) in [6, 6.07) is 10.4. The molecule has 174 valence electrons. The first-order chi connectivity index (χ1) is 15.8. The summed E-state index contributed by atoms with van der Waals surface area (Å²) < 4.78 is 20.9. The summed E-state index contributed by atoms with van der Waals surface area (Å²) in [6.07, 6.45) is 2.83. The maximum Gasteiger partial charge on any atom is 0.331 e. The molecule has 33 heavy (non-hydrogen) atoms. The number of esters is 1. The number of carbonyl (C=O) groups is 2. The Morgan fingerprint density at radius 3 is 2.30 bits per heavy atom. The van der Waals surface area contributed by atoms with Gasteiger partial charge in [-0.1, -0.05) is 11.6 Å². The Bertz CT molecular complexity index is 1050. The van der Waals surface area contributed by atoms with Gasteiger partial charge in [-0.15, -0.1) is 0 Å². The summed E-state index contributed by atoms with van der Waals surface area (Å²) >= 11 is 6.06. The lowest BCUT2D eigenvalue weighted by molar-refractivity contribution is -0.142. The van der Waals surface area contributed by atoms with Gasteiger partial charge in [-0.3, -0.25) is 4.79 Å². The largest absolute Gasteiger partial charge is 0.493 e. The zero-order chi connectivity index (χ0) is 24.4. The van der Waals surface area contributed by atoms with Crippen molar-refractivity contribution in [2.75, 3.05) is 39.4 Å². The van der Waals surface area contributed by atoms with Gasteiger partial charge in [-0.25, -0.2) is 4.79 Å². The number of benzene rings is 2. The fraction of sp³-hybridized carbons (Fsp3) is 0.292. The molecule has 0 radical (unpaired) electrons. The van der Waals surface area contributed by atoms with Crippen LogP contribution in [0.2, 0.25) is 5.02 Å². The number of halogens is 1. The van der Waals surface area contributed by atoms with E-state index in [0.29, 0.717) is 33.5 Å². The van der Waals surface area contributed by atoms with Crippen LogP contribution in [0.25, 0.3) is 6.08 Å². The number of ether oxygens (including phenoxy) is 4. The minimum atomic E-state index is -0.704. The number of hydrogen-bond donors (Lipinski definition) is 0. The van der Waals surface area contributed by atoms with E-state index < -0.39 is 18.5 Å². The molecule has 0 aliphatic rings. The number of amides is 1. The van der Waals surface area contributed by atoms with E-state index in [-0.39, 0.29) is 13.0 Å². The second-order valence-corrected chi connectivity index (χ2v) is 7.19. The van der Waals surface area contributed by atoms with Crippen LogP contribution in [0.4, 0.5) is 5.69 Å². The van der Waals surface area contributed by atoms with Crippen LogP contribution in [0.3, 0.4) is 0 Å². The van der Waals surface area contributed by atoms with E-state index in [4.69, 9.17) is 35.8 Å². The van der Waals surface area contributed by atoms with Gasteiger partial charge in [-0.2, -0.15) is 5.26 Å². The number of nitrogens with zero attached hydrogens (tertiary/aromatic N) is 2. The molecule has 0 saturated carbocycles. The minimum absolute atomic E-state index is 0.127. The third kappa shape index (κ3) is 6.89. The Morgan fingerprint density at radius 1 is 1.09 bits per heavy atom. The molecule has 1 amide bonds. The number of rotatable bonds is 10. The van der Waals surface area contributed by atoms with E-state index in [1.807, 2.05) is 13.0 Å². The van der Waals surface area contributed by atoms with Crippen LogP contribution in [-0.2, 0) is 14.3 Å². The molecule has 2 rings (SSSR count). The van der Waals surface area contributed by atoms with E-state index in [9.17, 15) is 9.59 Å². The molecule has 0 atom stereocenters. The van der Waals surface area contributed by atoms with Gasteiger partial charge in [-0.05, 0) is 54.5 Å². The standard InChI is InChI=1S/C24H25ClN2O6/c1-16-12-18(7-8-19(16)25)27(11-5-10-26)22(28)15-33-23(29)9-6-17-13-20(30-2)24(32-4)21(14-17)31-3/h6-9,12-14H,5,11,15H2,1-4H3/b9-6+. The Hall–Kier alpha value is -3.70. The van der Waals surface area contributed by atoms with E-state index in [1.165, 1.54) is 38.4 Å². The number of methoxy groups -OCH3 is 3. The average Bonchev–Trinajstić information content (AvgIpc) is 2.82. The van der Waals surface area contributed by atoms with Crippen molar-refractivity contribution in [2.24, 2.45) is 0 Å². The monoisotopic (exact) mass is 472 g/mol. The second-order valence-electron chi connectivity index (χ2n) is 6.79. The van der Waals surface area contributed by atoms with Crippen molar-refractivity contribution in [1.29, 1.82) is 5.26 Å². The first-order valence-corrected chi connectivity index (χ1v) is 10.3. The molecule has 8 nitrogen and oxygen atoms in total. The second kappa shape index (κ2) is 12.4. The summed E-state index contributed by atoms with van der Waals surface area (Å²) in [7, 11) is 4.48. The molecule has 0 aliphatic carbocycles. The first-order valence-electron chi connectivity index (χ1n) is 9.92. The Labute approximate surface area is 197 Å². The number of aryl methyl sites for hydroxylation is 1. The predicted molar refractivity (Wildman–Crippen MR) is 125 cm³/mol. The normalized spacial score (nSPS) is 10.4. The molecule has 0 heterocycles. The highest BCUT2D eigenvalue weighted by Crippen LogP contribution is 2.38. The number of hydrogen-bond acceptors (Lipinski definition) is 7. The highest BCUT2D eigenvalue weighted by molar-refractivity contribution is 6.31. The van der Waals surface area contributed by atoms with Gasteiger partial charge in [0.25, 0.3) is 5.91 Å². The van der Waals surface area contributed by atoms with Gasteiger partial charge in [0.1, 0.15) is 0 Å². The van der Waals surface area contributed by atoms with Crippen molar-refractivity contribution in [3.63, 3.8) is 0 Å². The van der Waals surface area contributed by atoms with Crippen molar-refractivity contribution in [2.45, 2.75) is 13.3 Å². The topological polar surface area (TPSA) is 98.1 Å². The van der Waals surface area contributed by atoms with Crippen LogP contribution in [0.5, 0.6) is 17.2 Å². The van der Waals surface area contributed by atoms with Crippen LogP contribution in [0, 0.1) is 18.3 Å². The van der Waals surface area contributed by atoms with E-state index in [2.05, 4.69) is 0 Å². The molecule has 0 saturated heterocycles. The molecule has 0 spiro atoms. The Balaban J connectivity index is 2.09. The fourth-order valence-electron chi connectivity index (χ4n) is 2.98. The number of anilines is 1. The van der Waals surface area contributed by atoms with Crippen molar-refractivity contribution in [1.82, 2.24) is 0 Å². The van der Waals surface area contributed by atoms with Gasteiger partial charge in [0.05, 0.1) is 33.8 Å². The van der Waals surface area contributed by atoms with E-state index >= 15 is 0 Å². The highest BCUT2D eigenvalue weighted by atomic mass is 35.5. The lowest BCUT2D eigenvalue weighted by Crippen LogP contribution is -2.35. The molecule has 0 fully saturated rings. The quantitative estimate of drug-likeness (QED) is 0.378. The van der Waals surface area contributed by atoms with Gasteiger partial charge in [0.15, 0.2) is 18.1 Å². The smallest absolute Gasteiger partial charge is 0.331 e. The Morgan fingerprint density at radius 2 is 1.76 bits per heavy atom. The summed E-state index contributed by atoms with van der Waals surface area (Å²) in [5.74, 6) is 0.143. The number of carbonyl (C=O) groups excluding carboxylic acids is 2. The molecule has 2 aromatic rings. The molecular weight excluding hydrogens is 448 g/mol. The number of nitriles is 1. The van der Waals surface area contributed by atoms with Gasteiger partial charge >= 0.3 is 5.97 Å². The van der Waals surface area contributed by atoms with Crippen LogP contribution in [-0.4, -0.2) is 46.4 Å². The zero-order valence-corrected chi connectivity index (χ0v) is 19.6. The third-order valence-electron chi connectivity index (χ3n) is 4.64. The predicted octanol–water partition coefficient (Wildman–Crippen LogP) is 4.18. The van der Waals surface area contributed by atoms with Crippen LogP contribution < -0.4 is 19.1 Å². The summed E-state index contributed by atoms with van der Waals surface area (Å²) in [6.45, 7) is 1.49. The van der Waals surface area contributed by atoms with Gasteiger partial charge < -0.3 is 23.8 Å². The van der Waals surface area contributed by atoms with Crippen LogP contribution >= 0.6 is 11.6 Å². The SMILES string of the molecule is COc1cc(/C=C/C(=O)OCC(=O)N(CCC#N)c2ccc(Cl)c(C)c2)cc(OC)c1OC. The van der Waals surface area contributed by atoms with Gasteiger partial charge in [0, 0.05) is 23.3 Å². The van der Waals surface area contributed by atoms with Crippen molar-refractivity contribution >= 4 is 35.2 Å². The fourth-order valence-corrected chi connectivity index (χ4v) is 3.09. The third-order valence-corrected chi connectivity index (χ3v) is 5.06. The van der Waals surface area contributed by atoms with E-state index in [0.717, 1.165) is 5.56 Å². The van der Waals surface area contributed by atoms with E-state index in [1.54, 1.807) is 30.3 Å². The zero-order valence-electron chi connectivity index (χ0n) is 18.9. The van der Waals surface area contributed by atoms with Crippen LogP contribution in [0.15, 0.2) is 36.4 Å².